The molecule has 0 fully saturated rings. The molecule has 0 bridgehead atoms. The van der Waals surface area contributed by atoms with Gasteiger partial charge in [0.05, 0.1) is 11.9 Å². The summed E-state index contributed by atoms with van der Waals surface area (Å²) in [6.07, 6.45) is 0. The number of hydrogen-bond donors (Lipinski definition) is 0. The standard InChI is InChI=1S/C4H7BrOS/c1-3(5)4(7)6-2/h3H,1-2H3. The summed E-state index contributed by atoms with van der Waals surface area (Å²) in [6.45, 7) is 1.92. The summed E-state index contributed by atoms with van der Waals surface area (Å²) < 4.78 is 4.70. The van der Waals surface area contributed by atoms with Crippen LogP contribution >= 0.6 is 28.1 Å². The van der Waals surface area contributed by atoms with Gasteiger partial charge in [0.1, 0.15) is 0 Å². The molecule has 0 aromatic carbocycles. The van der Waals surface area contributed by atoms with Crippen molar-refractivity contribution in [2.75, 3.05) is 7.11 Å². The second kappa shape index (κ2) is 3.38. The van der Waals surface area contributed by atoms with Crippen LogP contribution in [0.5, 0.6) is 0 Å². The molecule has 0 N–H and O–H groups in total. The van der Waals surface area contributed by atoms with E-state index in [1.54, 1.807) is 7.11 Å². The fourth-order valence-corrected chi connectivity index (χ4v) is 0.349. The van der Waals surface area contributed by atoms with Gasteiger partial charge in [-0.15, -0.1) is 0 Å². The molecule has 0 spiro atoms. The van der Waals surface area contributed by atoms with Gasteiger partial charge in [-0.3, -0.25) is 0 Å². The van der Waals surface area contributed by atoms with Gasteiger partial charge in [0, 0.05) is 0 Å². The predicted octanol–water partition coefficient (Wildman–Crippen LogP) is 1.74. The molecule has 0 aliphatic carbocycles. The van der Waals surface area contributed by atoms with Crippen LogP contribution in [0, 0.1) is 0 Å². The second-order valence-corrected chi connectivity index (χ2v) is 2.92. The quantitative estimate of drug-likeness (QED) is 0.452. The SMILES string of the molecule is COC(=S)C(C)Br. The van der Waals surface area contributed by atoms with Crippen molar-refractivity contribution < 1.29 is 4.74 Å². The Hall–Kier alpha value is 0.370. The summed E-state index contributed by atoms with van der Waals surface area (Å²) in [7, 11) is 1.57. The average molecular weight is 183 g/mol. The molecular weight excluding hydrogens is 176 g/mol. The summed E-state index contributed by atoms with van der Waals surface area (Å²) in [5.74, 6) is 0. The van der Waals surface area contributed by atoms with Crippen molar-refractivity contribution in [2.24, 2.45) is 0 Å². The second-order valence-electron chi connectivity index (χ2n) is 1.14. The van der Waals surface area contributed by atoms with E-state index in [1.807, 2.05) is 6.92 Å². The molecule has 1 nitrogen and oxygen atoms in total. The Morgan fingerprint density at radius 2 is 2.29 bits per heavy atom. The highest BCUT2D eigenvalue weighted by Gasteiger charge is 2.00. The van der Waals surface area contributed by atoms with E-state index < -0.39 is 0 Å². The van der Waals surface area contributed by atoms with Crippen molar-refractivity contribution in [1.82, 2.24) is 0 Å². The number of alkyl halides is 1. The van der Waals surface area contributed by atoms with E-state index in [1.165, 1.54) is 0 Å². The van der Waals surface area contributed by atoms with Crippen LogP contribution in [0.3, 0.4) is 0 Å². The lowest BCUT2D eigenvalue weighted by Crippen LogP contribution is -2.07. The predicted molar refractivity (Wildman–Crippen MR) is 38.0 cm³/mol. The monoisotopic (exact) mass is 182 g/mol. The maximum absolute atomic E-state index is 4.71. The molecule has 42 valence electrons. The molecule has 0 amide bonds. The van der Waals surface area contributed by atoms with Crippen LogP contribution in [-0.2, 0) is 4.74 Å². The van der Waals surface area contributed by atoms with Crippen molar-refractivity contribution in [3.63, 3.8) is 0 Å². The topological polar surface area (TPSA) is 9.23 Å². The molecule has 0 aliphatic heterocycles. The Kier molecular flexibility index (Phi) is 3.56. The Bertz CT molecular complexity index is 72.1. The van der Waals surface area contributed by atoms with Crippen molar-refractivity contribution in [2.45, 2.75) is 11.8 Å². The zero-order valence-electron chi connectivity index (χ0n) is 4.27. The third kappa shape index (κ3) is 3.00. The molecule has 0 heterocycles. The molecule has 0 rings (SSSR count). The molecule has 0 aromatic heterocycles. The Labute approximate surface area is 57.2 Å². The van der Waals surface area contributed by atoms with E-state index >= 15 is 0 Å². The molecular formula is C4H7BrOS. The number of ether oxygens (including phenoxy) is 1. The zero-order valence-corrected chi connectivity index (χ0v) is 6.67. The van der Waals surface area contributed by atoms with Crippen LogP contribution in [0.15, 0.2) is 0 Å². The van der Waals surface area contributed by atoms with Crippen molar-refractivity contribution >= 4 is 33.2 Å². The summed E-state index contributed by atoms with van der Waals surface area (Å²) in [6, 6.07) is 0. The highest BCUT2D eigenvalue weighted by molar-refractivity contribution is 9.10. The van der Waals surface area contributed by atoms with Gasteiger partial charge in [-0.1, -0.05) is 15.9 Å². The Balaban J connectivity index is 3.35. The van der Waals surface area contributed by atoms with Crippen LogP contribution in [0.4, 0.5) is 0 Å². The van der Waals surface area contributed by atoms with Crippen LogP contribution in [0.2, 0.25) is 0 Å². The van der Waals surface area contributed by atoms with Crippen molar-refractivity contribution in [1.29, 1.82) is 0 Å². The molecule has 0 aromatic rings. The highest BCUT2D eigenvalue weighted by Crippen LogP contribution is 2.00. The van der Waals surface area contributed by atoms with E-state index in [0.29, 0.717) is 5.05 Å². The first-order valence-electron chi connectivity index (χ1n) is 1.90. The van der Waals surface area contributed by atoms with Gasteiger partial charge in [-0.25, -0.2) is 0 Å². The molecule has 7 heavy (non-hydrogen) atoms. The van der Waals surface area contributed by atoms with Crippen LogP contribution < -0.4 is 0 Å². The van der Waals surface area contributed by atoms with Gasteiger partial charge in [0.15, 0.2) is 5.05 Å². The Morgan fingerprint density at radius 3 is 2.29 bits per heavy atom. The number of hydrogen-bond acceptors (Lipinski definition) is 2. The lowest BCUT2D eigenvalue weighted by atomic mass is 10.5. The van der Waals surface area contributed by atoms with Gasteiger partial charge >= 0.3 is 0 Å². The molecule has 0 radical (unpaired) electrons. The highest BCUT2D eigenvalue weighted by atomic mass is 79.9. The van der Waals surface area contributed by atoms with E-state index in [4.69, 9.17) is 17.0 Å². The molecule has 0 aliphatic rings. The van der Waals surface area contributed by atoms with Gasteiger partial charge < -0.3 is 4.74 Å². The first kappa shape index (κ1) is 7.37. The van der Waals surface area contributed by atoms with Crippen molar-refractivity contribution in [3.8, 4) is 0 Å². The van der Waals surface area contributed by atoms with E-state index in [0.717, 1.165) is 0 Å². The Morgan fingerprint density at radius 1 is 1.86 bits per heavy atom. The molecule has 3 heteroatoms. The molecule has 0 saturated carbocycles. The van der Waals surface area contributed by atoms with Gasteiger partial charge in [0.25, 0.3) is 0 Å². The minimum Gasteiger partial charge on any atom is -0.489 e. The number of thiocarbonyl (C=S) groups is 1. The largest absolute Gasteiger partial charge is 0.489 e. The normalized spacial score (nSPS) is 13.0. The smallest absolute Gasteiger partial charge is 0.172 e. The van der Waals surface area contributed by atoms with Gasteiger partial charge in [-0.2, -0.15) is 0 Å². The minimum absolute atomic E-state index is 0.187. The molecule has 1 atom stereocenters. The average Bonchev–Trinajstić information content (AvgIpc) is 1.65. The van der Waals surface area contributed by atoms with Gasteiger partial charge in [0.2, 0.25) is 0 Å². The maximum atomic E-state index is 4.71. The summed E-state index contributed by atoms with van der Waals surface area (Å²) in [4.78, 5) is 0.187. The van der Waals surface area contributed by atoms with Crippen molar-refractivity contribution in [3.05, 3.63) is 0 Å². The number of methoxy groups -OCH3 is 1. The van der Waals surface area contributed by atoms with Crippen LogP contribution in [0.1, 0.15) is 6.92 Å². The third-order valence-corrected chi connectivity index (χ3v) is 1.77. The first-order valence-corrected chi connectivity index (χ1v) is 3.22. The van der Waals surface area contributed by atoms with E-state index in [2.05, 4.69) is 15.9 Å². The summed E-state index contributed by atoms with van der Waals surface area (Å²) >= 11 is 7.94. The molecule has 0 saturated heterocycles. The van der Waals surface area contributed by atoms with Crippen LogP contribution in [-0.4, -0.2) is 17.0 Å². The minimum atomic E-state index is 0.187. The number of rotatable bonds is 1. The third-order valence-electron chi connectivity index (χ3n) is 0.526. The molecule has 1 unspecified atom stereocenters. The zero-order chi connectivity index (χ0) is 5.86. The number of halogens is 1. The first-order chi connectivity index (χ1) is 3.18. The van der Waals surface area contributed by atoms with E-state index in [9.17, 15) is 0 Å². The fraction of sp³-hybridized carbons (Fsp3) is 0.750. The van der Waals surface area contributed by atoms with Crippen LogP contribution in [0.25, 0.3) is 0 Å². The maximum Gasteiger partial charge on any atom is 0.172 e. The lowest BCUT2D eigenvalue weighted by Gasteiger charge is -2.00. The lowest BCUT2D eigenvalue weighted by molar-refractivity contribution is 0.406. The summed E-state index contributed by atoms with van der Waals surface area (Å²) in [5, 5.41) is 0.597. The van der Waals surface area contributed by atoms with Gasteiger partial charge in [-0.05, 0) is 19.1 Å². The van der Waals surface area contributed by atoms with E-state index in [-0.39, 0.29) is 4.83 Å². The fourth-order valence-electron chi connectivity index (χ4n) is 0.162. The summed E-state index contributed by atoms with van der Waals surface area (Å²) in [5.41, 5.74) is 0.